The first kappa shape index (κ1) is 15.5. The van der Waals surface area contributed by atoms with Crippen molar-refractivity contribution in [1.29, 1.82) is 0 Å². The number of benzene rings is 2. The molecule has 112 valence electrons. The van der Waals surface area contributed by atoms with Crippen molar-refractivity contribution in [1.82, 2.24) is 5.32 Å². The van der Waals surface area contributed by atoms with Crippen LogP contribution in [-0.4, -0.2) is 18.8 Å². The SMILES string of the molecule is COc1ccc(CNCC(O)c2ccc(F)c(C)c2)cc1. The van der Waals surface area contributed by atoms with Gasteiger partial charge in [0.25, 0.3) is 0 Å². The van der Waals surface area contributed by atoms with E-state index in [2.05, 4.69) is 5.32 Å². The first-order chi connectivity index (χ1) is 10.1. The fourth-order valence-electron chi connectivity index (χ4n) is 2.09. The van der Waals surface area contributed by atoms with Gasteiger partial charge in [-0.25, -0.2) is 4.39 Å². The molecule has 4 heteroatoms. The Morgan fingerprint density at radius 3 is 2.52 bits per heavy atom. The Labute approximate surface area is 124 Å². The Hall–Kier alpha value is -1.91. The summed E-state index contributed by atoms with van der Waals surface area (Å²) in [6.45, 7) is 2.76. The molecule has 2 aromatic rings. The third kappa shape index (κ3) is 4.28. The summed E-state index contributed by atoms with van der Waals surface area (Å²) >= 11 is 0. The van der Waals surface area contributed by atoms with E-state index in [1.54, 1.807) is 26.2 Å². The molecule has 0 bridgehead atoms. The lowest BCUT2D eigenvalue weighted by Crippen LogP contribution is -2.21. The van der Waals surface area contributed by atoms with Gasteiger partial charge >= 0.3 is 0 Å². The van der Waals surface area contributed by atoms with Gasteiger partial charge in [0.15, 0.2) is 0 Å². The second kappa shape index (κ2) is 7.20. The summed E-state index contributed by atoms with van der Waals surface area (Å²) in [5.74, 6) is 0.567. The van der Waals surface area contributed by atoms with E-state index in [1.807, 2.05) is 24.3 Å². The van der Waals surface area contributed by atoms with E-state index in [0.29, 0.717) is 18.7 Å². The molecule has 0 aliphatic heterocycles. The number of nitrogens with one attached hydrogen (secondary N) is 1. The summed E-state index contributed by atoms with van der Waals surface area (Å²) in [6.07, 6.45) is -0.650. The fourth-order valence-corrected chi connectivity index (χ4v) is 2.09. The summed E-state index contributed by atoms with van der Waals surface area (Å²) in [7, 11) is 1.63. The van der Waals surface area contributed by atoms with E-state index in [9.17, 15) is 9.50 Å². The number of ether oxygens (including phenoxy) is 1. The van der Waals surface area contributed by atoms with Crippen molar-refractivity contribution in [3.8, 4) is 5.75 Å². The third-order valence-corrected chi connectivity index (χ3v) is 3.39. The molecule has 0 heterocycles. The fraction of sp³-hybridized carbons (Fsp3) is 0.294. The molecule has 0 saturated heterocycles. The number of aliphatic hydroxyl groups excluding tert-OH is 1. The Bertz CT molecular complexity index is 584. The predicted molar refractivity (Wildman–Crippen MR) is 80.8 cm³/mol. The van der Waals surface area contributed by atoms with Gasteiger partial charge in [-0.2, -0.15) is 0 Å². The van der Waals surface area contributed by atoms with Gasteiger partial charge in [-0.05, 0) is 41.8 Å². The number of methoxy groups -OCH3 is 1. The van der Waals surface area contributed by atoms with E-state index < -0.39 is 6.10 Å². The zero-order valence-corrected chi connectivity index (χ0v) is 12.3. The van der Waals surface area contributed by atoms with Gasteiger partial charge in [0, 0.05) is 13.1 Å². The predicted octanol–water partition coefficient (Wildman–Crippen LogP) is 2.97. The lowest BCUT2D eigenvalue weighted by Gasteiger charge is -2.13. The highest BCUT2D eigenvalue weighted by Crippen LogP contribution is 2.16. The first-order valence-corrected chi connectivity index (χ1v) is 6.88. The van der Waals surface area contributed by atoms with Crippen LogP contribution in [0.25, 0.3) is 0 Å². The molecule has 1 unspecified atom stereocenters. The number of halogens is 1. The van der Waals surface area contributed by atoms with Crippen LogP contribution in [0, 0.1) is 12.7 Å². The highest BCUT2D eigenvalue weighted by molar-refractivity contribution is 5.27. The zero-order valence-electron chi connectivity index (χ0n) is 12.3. The van der Waals surface area contributed by atoms with Gasteiger partial charge in [-0.3, -0.25) is 0 Å². The zero-order chi connectivity index (χ0) is 15.2. The highest BCUT2D eigenvalue weighted by atomic mass is 19.1. The van der Waals surface area contributed by atoms with Gasteiger partial charge in [0.05, 0.1) is 13.2 Å². The monoisotopic (exact) mass is 289 g/mol. The van der Waals surface area contributed by atoms with E-state index in [1.165, 1.54) is 6.07 Å². The highest BCUT2D eigenvalue weighted by Gasteiger charge is 2.08. The summed E-state index contributed by atoms with van der Waals surface area (Å²) in [5, 5.41) is 13.3. The molecule has 0 saturated carbocycles. The Morgan fingerprint density at radius 1 is 1.19 bits per heavy atom. The molecule has 2 N–H and O–H groups in total. The molecule has 0 amide bonds. The number of hydrogen-bond donors (Lipinski definition) is 2. The standard InChI is InChI=1S/C17H20FNO2/c1-12-9-14(5-8-16(12)18)17(20)11-19-10-13-3-6-15(21-2)7-4-13/h3-9,17,19-20H,10-11H2,1-2H3. The Kier molecular flexibility index (Phi) is 5.31. The molecule has 0 radical (unpaired) electrons. The molecule has 3 nitrogen and oxygen atoms in total. The maximum Gasteiger partial charge on any atom is 0.126 e. The van der Waals surface area contributed by atoms with Crippen LogP contribution in [0.3, 0.4) is 0 Å². The van der Waals surface area contributed by atoms with Crippen molar-refractivity contribution in [2.24, 2.45) is 0 Å². The molecule has 0 aromatic heterocycles. The second-order valence-electron chi connectivity index (χ2n) is 5.00. The van der Waals surface area contributed by atoms with Gasteiger partial charge in [-0.1, -0.05) is 24.3 Å². The quantitative estimate of drug-likeness (QED) is 0.859. The van der Waals surface area contributed by atoms with E-state index in [0.717, 1.165) is 16.9 Å². The first-order valence-electron chi connectivity index (χ1n) is 6.88. The number of hydrogen-bond acceptors (Lipinski definition) is 3. The van der Waals surface area contributed by atoms with E-state index >= 15 is 0 Å². The van der Waals surface area contributed by atoms with Crippen molar-refractivity contribution < 1.29 is 14.2 Å². The van der Waals surface area contributed by atoms with E-state index in [-0.39, 0.29) is 5.82 Å². The number of aliphatic hydroxyl groups is 1. The molecular weight excluding hydrogens is 269 g/mol. The van der Waals surface area contributed by atoms with Gasteiger partial charge in [-0.15, -0.1) is 0 Å². The van der Waals surface area contributed by atoms with Crippen LogP contribution in [0.5, 0.6) is 5.75 Å². The number of rotatable bonds is 6. The molecule has 2 rings (SSSR count). The normalized spacial score (nSPS) is 12.2. The van der Waals surface area contributed by atoms with E-state index in [4.69, 9.17) is 4.74 Å². The van der Waals surface area contributed by atoms with Gasteiger partial charge < -0.3 is 15.2 Å². The van der Waals surface area contributed by atoms with Crippen LogP contribution in [0.2, 0.25) is 0 Å². The largest absolute Gasteiger partial charge is 0.497 e. The molecular formula is C17H20FNO2. The van der Waals surface area contributed by atoms with Crippen LogP contribution < -0.4 is 10.1 Å². The summed E-state index contributed by atoms with van der Waals surface area (Å²) < 4.78 is 18.3. The third-order valence-electron chi connectivity index (χ3n) is 3.39. The summed E-state index contributed by atoms with van der Waals surface area (Å²) in [5.41, 5.74) is 2.37. The average molecular weight is 289 g/mol. The molecule has 0 spiro atoms. The molecule has 0 aliphatic carbocycles. The minimum atomic E-state index is -0.650. The molecule has 21 heavy (non-hydrogen) atoms. The van der Waals surface area contributed by atoms with Crippen LogP contribution >= 0.6 is 0 Å². The summed E-state index contributed by atoms with van der Waals surface area (Å²) in [6, 6.07) is 12.4. The summed E-state index contributed by atoms with van der Waals surface area (Å²) in [4.78, 5) is 0. The van der Waals surface area contributed by atoms with Crippen molar-refractivity contribution in [3.05, 3.63) is 65.0 Å². The maximum atomic E-state index is 13.2. The number of aryl methyl sites for hydroxylation is 1. The van der Waals surface area contributed by atoms with Gasteiger partial charge in [0.1, 0.15) is 11.6 Å². The van der Waals surface area contributed by atoms with Crippen LogP contribution in [0.4, 0.5) is 4.39 Å². The lowest BCUT2D eigenvalue weighted by atomic mass is 10.1. The van der Waals surface area contributed by atoms with Crippen molar-refractivity contribution in [2.45, 2.75) is 19.6 Å². The molecule has 2 aromatic carbocycles. The maximum absolute atomic E-state index is 13.2. The smallest absolute Gasteiger partial charge is 0.126 e. The Balaban J connectivity index is 1.85. The minimum absolute atomic E-state index is 0.253. The molecule has 0 fully saturated rings. The van der Waals surface area contributed by atoms with Crippen molar-refractivity contribution in [3.63, 3.8) is 0 Å². The van der Waals surface area contributed by atoms with Crippen molar-refractivity contribution in [2.75, 3.05) is 13.7 Å². The van der Waals surface area contributed by atoms with Crippen molar-refractivity contribution >= 4 is 0 Å². The molecule has 0 aliphatic rings. The van der Waals surface area contributed by atoms with Crippen LogP contribution in [0.1, 0.15) is 22.8 Å². The lowest BCUT2D eigenvalue weighted by molar-refractivity contribution is 0.174. The minimum Gasteiger partial charge on any atom is -0.497 e. The van der Waals surface area contributed by atoms with Crippen LogP contribution in [-0.2, 0) is 6.54 Å². The second-order valence-corrected chi connectivity index (χ2v) is 5.00. The van der Waals surface area contributed by atoms with Gasteiger partial charge in [0.2, 0.25) is 0 Å². The Morgan fingerprint density at radius 2 is 1.90 bits per heavy atom. The topological polar surface area (TPSA) is 41.5 Å². The average Bonchev–Trinajstić information content (AvgIpc) is 2.50. The molecule has 1 atom stereocenters. The van der Waals surface area contributed by atoms with Crippen LogP contribution in [0.15, 0.2) is 42.5 Å².